The van der Waals surface area contributed by atoms with Crippen LogP contribution in [0.2, 0.25) is 5.02 Å². The number of carbonyl (C=O) groups excluding carboxylic acids is 1. The van der Waals surface area contributed by atoms with Crippen molar-refractivity contribution in [2.75, 3.05) is 5.33 Å². The fourth-order valence-corrected chi connectivity index (χ4v) is 2.15. The van der Waals surface area contributed by atoms with E-state index in [0.29, 0.717) is 10.6 Å². The van der Waals surface area contributed by atoms with Gasteiger partial charge in [0.25, 0.3) is 5.91 Å². The van der Waals surface area contributed by atoms with Gasteiger partial charge in [-0.25, -0.2) is 0 Å². The molecule has 1 aromatic rings. The van der Waals surface area contributed by atoms with Crippen LogP contribution in [0.4, 0.5) is 0 Å². The van der Waals surface area contributed by atoms with Gasteiger partial charge in [-0.2, -0.15) is 0 Å². The molecule has 1 aromatic carbocycles. The molecule has 0 saturated heterocycles. The first-order chi connectivity index (χ1) is 7.67. The first-order valence-electron chi connectivity index (χ1n) is 5.29. The van der Waals surface area contributed by atoms with Crippen molar-refractivity contribution in [1.82, 2.24) is 5.32 Å². The molecule has 16 heavy (non-hydrogen) atoms. The van der Waals surface area contributed by atoms with Crippen LogP contribution in [0.25, 0.3) is 0 Å². The highest BCUT2D eigenvalue weighted by Gasteiger charge is 2.11. The second kappa shape index (κ2) is 6.92. The molecule has 4 heteroatoms. The van der Waals surface area contributed by atoms with Gasteiger partial charge < -0.3 is 5.32 Å². The lowest BCUT2D eigenvalue weighted by atomic mass is 10.1. The van der Waals surface area contributed by atoms with Gasteiger partial charge in [0.05, 0.1) is 0 Å². The summed E-state index contributed by atoms with van der Waals surface area (Å²) in [5.41, 5.74) is 0.612. The van der Waals surface area contributed by atoms with Crippen LogP contribution >= 0.6 is 27.5 Å². The molecule has 0 aliphatic carbocycles. The zero-order valence-corrected chi connectivity index (χ0v) is 11.5. The van der Waals surface area contributed by atoms with Gasteiger partial charge in [-0.1, -0.05) is 40.5 Å². The minimum absolute atomic E-state index is 0.0599. The molecule has 1 unspecified atom stereocenters. The molecule has 0 heterocycles. The zero-order chi connectivity index (χ0) is 12.0. The molecule has 88 valence electrons. The number of rotatable bonds is 5. The number of hydrogen-bond acceptors (Lipinski definition) is 1. The maximum Gasteiger partial charge on any atom is 0.251 e. The number of nitrogens with one attached hydrogen (secondary N) is 1. The molecular weight excluding hydrogens is 289 g/mol. The summed E-state index contributed by atoms with van der Waals surface area (Å²) in [7, 11) is 0. The van der Waals surface area contributed by atoms with Crippen molar-refractivity contribution < 1.29 is 4.79 Å². The van der Waals surface area contributed by atoms with Crippen LogP contribution in [0.15, 0.2) is 24.3 Å². The van der Waals surface area contributed by atoms with Crippen LogP contribution in [0.1, 0.15) is 30.1 Å². The molecule has 0 saturated carbocycles. The van der Waals surface area contributed by atoms with Crippen LogP contribution in [-0.2, 0) is 0 Å². The van der Waals surface area contributed by atoms with E-state index < -0.39 is 0 Å². The maximum atomic E-state index is 11.9. The van der Waals surface area contributed by atoms with E-state index in [1.54, 1.807) is 24.3 Å². The highest BCUT2D eigenvalue weighted by molar-refractivity contribution is 9.09. The van der Waals surface area contributed by atoms with Crippen molar-refractivity contribution in [2.45, 2.75) is 25.8 Å². The lowest BCUT2D eigenvalue weighted by molar-refractivity contribution is 0.0935. The van der Waals surface area contributed by atoms with Gasteiger partial charge in [0, 0.05) is 22.0 Å². The lowest BCUT2D eigenvalue weighted by Gasteiger charge is -2.15. The minimum atomic E-state index is -0.0599. The average Bonchev–Trinajstić information content (AvgIpc) is 2.28. The van der Waals surface area contributed by atoms with Crippen molar-refractivity contribution in [3.05, 3.63) is 34.9 Å². The molecule has 1 rings (SSSR count). The Morgan fingerprint density at radius 2 is 2.31 bits per heavy atom. The third-order valence-electron chi connectivity index (χ3n) is 2.37. The monoisotopic (exact) mass is 303 g/mol. The van der Waals surface area contributed by atoms with Crippen molar-refractivity contribution in [1.29, 1.82) is 0 Å². The molecule has 0 aliphatic heterocycles. The third kappa shape index (κ3) is 4.14. The fraction of sp³-hybridized carbons (Fsp3) is 0.417. The molecule has 2 nitrogen and oxygen atoms in total. The SMILES string of the molecule is CCC(CCBr)NC(=O)c1cccc(Cl)c1. The molecule has 1 N–H and O–H groups in total. The molecule has 0 radical (unpaired) electrons. The quantitative estimate of drug-likeness (QED) is 0.827. The predicted octanol–water partition coefficient (Wildman–Crippen LogP) is 3.63. The highest BCUT2D eigenvalue weighted by Crippen LogP contribution is 2.11. The molecule has 1 atom stereocenters. The van der Waals surface area contributed by atoms with Gasteiger partial charge in [-0.15, -0.1) is 0 Å². The molecule has 1 amide bonds. The van der Waals surface area contributed by atoms with E-state index in [1.165, 1.54) is 0 Å². The summed E-state index contributed by atoms with van der Waals surface area (Å²) >= 11 is 9.21. The molecule has 0 aromatic heterocycles. The summed E-state index contributed by atoms with van der Waals surface area (Å²) < 4.78 is 0. The summed E-state index contributed by atoms with van der Waals surface area (Å²) in [6, 6.07) is 7.20. The normalized spacial score (nSPS) is 12.2. The van der Waals surface area contributed by atoms with Crippen LogP contribution in [0.5, 0.6) is 0 Å². The Labute approximate surface area is 110 Å². The first-order valence-corrected chi connectivity index (χ1v) is 6.79. The molecule has 0 bridgehead atoms. The third-order valence-corrected chi connectivity index (χ3v) is 3.07. The van der Waals surface area contributed by atoms with E-state index in [4.69, 9.17) is 11.6 Å². The van der Waals surface area contributed by atoms with Crippen molar-refractivity contribution in [3.8, 4) is 0 Å². The average molecular weight is 305 g/mol. The lowest BCUT2D eigenvalue weighted by Crippen LogP contribution is -2.34. The largest absolute Gasteiger partial charge is 0.349 e. The fourth-order valence-electron chi connectivity index (χ4n) is 1.41. The van der Waals surface area contributed by atoms with Gasteiger partial charge >= 0.3 is 0 Å². The number of alkyl halides is 1. The summed E-state index contributed by atoms with van der Waals surface area (Å²) in [5, 5.41) is 4.46. The van der Waals surface area contributed by atoms with E-state index in [2.05, 4.69) is 28.2 Å². The summed E-state index contributed by atoms with van der Waals surface area (Å²) in [6.07, 6.45) is 1.86. The summed E-state index contributed by atoms with van der Waals surface area (Å²) in [6.45, 7) is 2.06. The smallest absolute Gasteiger partial charge is 0.251 e. The number of amides is 1. The number of halogens is 2. The predicted molar refractivity (Wildman–Crippen MR) is 71.4 cm³/mol. The second-order valence-corrected chi connectivity index (χ2v) is 4.80. The Balaban J connectivity index is 2.64. The Hall–Kier alpha value is -0.540. The standard InChI is InChI=1S/C12H15BrClNO/c1-2-11(6-7-13)15-12(16)9-4-3-5-10(14)8-9/h3-5,8,11H,2,6-7H2,1H3,(H,15,16). The number of benzene rings is 1. The van der Waals surface area contributed by atoms with Crippen LogP contribution in [0, 0.1) is 0 Å². The van der Waals surface area contributed by atoms with E-state index >= 15 is 0 Å². The van der Waals surface area contributed by atoms with Crippen LogP contribution in [-0.4, -0.2) is 17.3 Å². The van der Waals surface area contributed by atoms with Crippen molar-refractivity contribution >= 4 is 33.4 Å². The van der Waals surface area contributed by atoms with E-state index in [9.17, 15) is 4.79 Å². The van der Waals surface area contributed by atoms with Gasteiger partial charge in [0.1, 0.15) is 0 Å². The van der Waals surface area contributed by atoms with Gasteiger partial charge in [0.15, 0.2) is 0 Å². The van der Waals surface area contributed by atoms with Crippen LogP contribution < -0.4 is 5.32 Å². The molecule has 0 fully saturated rings. The Kier molecular flexibility index (Phi) is 5.85. The Bertz CT molecular complexity index is 357. The highest BCUT2D eigenvalue weighted by atomic mass is 79.9. The zero-order valence-electron chi connectivity index (χ0n) is 9.17. The van der Waals surface area contributed by atoms with E-state index in [0.717, 1.165) is 18.2 Å². The second-order valence-electron chi connectivity index (χ2n) is 3.57. The Morgan fingerprint density at radius 1 is 1.56 bits per heavy atom. The van der Waals surface area contributed by atoms with Crippen LogP contribution in [0.3, 0.4) is 0 Å². The van der Waals surface area contributed by atoms with E-state index in [-0.39, 0.29) is 11.9 Å². The molecule has 0 spiro atoms. The number of carbonyl (C=O) groups is 1. The van der Waals surface area contributed by atoms with Crippen molar-refractivity contribution in [2.24, 2.45) is 0 Å². The molecule has 0 aliphatic rings. The van der Waals surface area contributed by atoms with Gasteiger partial charge in [-0.3, -0.25) is 4.79 Å². The minimum Gasteiger partial charge on any atom is -0.349 e. The Morgan fingerprint density at radius 3 is 2.88 bits per heavy atom. The topological polar surface area (TPSA) is 29.1 Å². The summed E-state index contributed by atoms with van der Waals surface area (Å²) in [5.74, 6) is -0.0599. The van der Waals surface area contributed by atoms with Gasteiger partial charge in [-0.05, 0) is 31.0 Å². The summed E-state index contributed by atoms with van der Waals surface area (Å²) in [4.78, 5) is 11.9. The van der Waals surface area contributed by atoms with Crippen molar-refractivity contribution in [3.63, 3.8) is 0 Å². The van der Waals surface area contributed by atoms with Gasteiger partial charge in [0.2, 0.25) is 0 Å². The number of hydrogen-bond donors (Lipinski definition) is 1. The molecular formula is C12H15BrClNO. The maximum absolute atomic E-state index is 11.9. The van der Waals surface area contributed by atoms with E-state index in [1.807, 2.05) is 0 Å². The first kappa shape index (κ1) is 13.5.